The summed E-state index contributed by atoms with van der Waals surface area (Å²) < 4.78 is 5.16. The average Bonchev–Trinajstić information content (AvgIpc) is 2.46. The van der Waals surface area contributed by atoms with Gasteiger partial charge in [0.05, 0.1) is 18.2 Å². The number of aryl methyl sites for hydroxylation is 1. The van der Waals surface area contributed by atoms with Gasteiger partial charge in [0.1, 0.15) is 11.5 Å². The summed E-state index contributed by atoms with van der Waals surface area (Å²) in [5.74, 6) is -0.419. The van der Waals surface area contributed by atoms with Crippen LogP contribution in [-0.4, -0.2) is 23.8 Å². The average molecular weight is 268 g/mol. The molecule has 0 saturated carbocycles. The fraction of sp³-hybridized carbons (Fsp3) is 0.125. The number of ether oxygens (including phenoxy) is 1. The highest BCUT2D eigenvalue weighted by Crippen LogP contribution is 2.37. The molecule has 0 radical (unpaired) electrons. The fourth-order valence-electron chi connectivity index (χ4n) is 2.51. The smallest absolute Gasteiger partial charge is 0.198 e. The van der Waals surface area contributed by atoms with E-state index in [1.165, 1.54) is 7.11 Å². The maximum Gasteiger partial charge on any atom is 0.198 e. The number of benzene rings is 2. The zero-order valence-electron chi connectivity index (χ0n) is 11.1. The van der Waals surface area contributed by atoms with E-state index < -0.39 is 0 Å². The van der Waals surface area contributed by atoms with Crippen LogP contribution < -0.4 is 4.74 Å². The van der Waals surface area contributed by atoms with E-state index in [0.717, 1.165) is 0 Å². The Labute approximate surface area is 115 Å². The molecular formula is C16H12O4. The van der Waals surface area contributed by atoms with Crippen LogP contribution in [-0.2, 0) is 0 Å². The van der Waals surface area contributed by atoms with Gasteiger partial charge in [-0.3, -0.25) is 9.59 Å². The van der Waals surface area contributed by atoms with Gasteiger partial charge in [-0.15, -0.1) is 0 Å². The van der Waals surface area contributed by atoms with Crippen molar-refractivity contribution in [2.75, 3.05) is 7.11 Å². The normalized spacial score (nSPS) is 12.9. The van der Waals surface area contributed by atoms with Crippen LogP contribution in [0, 0.1) is 6.92 Å². The van der Waals surface area contributed by atoms with Gasteiger partial charge in [-0.05, 0) is 24.6 Å². The summed E-state index contributed by atoms with van der Waals surface area (Å²) in [6.07, 6.45) is 0. The minimum absolute atomic E-state index is 0.0794. The summed E-state index contributed by atoms with van der Waals surface area (Å²) in [5, 5.41) is 10.1. The molecule has 100 valence electrons. The van der Waals surface area contributed by atoms with Crippen molar-refractivity contribution in [3.05, 3.63) is 58.1 Å². The van der Waals surface area contributed by atoms with Gasteiger partial charge in [0.2, 0.25) is 0 Å². The maximum atomic E-state index is 12.6. The second-order valence-electron chi connectivity index (χ2n) is 4.69. The highest BCUT2D eigenvalue weighted by molar-refractivity contribution is 6.30. The molecule has 3 rings (SSSR count). The molecule has 20 heavy (non-hydrogen) atoms. The van der Waals surface area contributed by atoms with E-state index in [2.05, 4.69) is 0 Å². The number of carbonyl (C=O) groups excluding carboxylic acids is 2. The molecule has 4 nitrogen and oxygen atoms in total. The molecular weight excluding hydrogens is 256 g/mol. The van der Waals surface area contributed by atoms with Gasteiger partial charge in [-0.25, -0.2) is 0 Å². The van der Waals surface area contributed by atoms with Crippen molar-refractivity contribution in [1.82, 2.24) is 0 Å². The molecule has 0 bridgehead atoms. The molecule has 0 unspecified atom stereocenters. The largest absolute Gasteiger partial charge is 0.507 e. The van der Waals surface area contributed by atoms with E-state index >= 15 is 0 Å². The van der Waals surface area contributed by atoms with Crippen molar-refractivity contribution in [2.45, 2.75) is 6.92 Å². The van der Waals surface area contributed by atoms with E-state index in [0.29, 0.717) is 11.3 Å². The fourth-order valence-corrected chi connectivity index (χ4v) is 2.51. The molecule has 0 heterocycles. The minimum Gasteiger partial charge on any atom is -0.507 e. The molecule has 0 aromatic heterocycles. The van der Waals surface area contributed by atoms with E-state index in [-0.39, 0.29) is 39.6 Å². The Kier molecular flexibility index (Phi) is 2.61. The van der Waals surface area contributed by atoms with E-state index in [1.54, 1.807) is 37.3 Å². The zero-order valence-corrected chi connectivity index (χ0v) is 11.1. The summed E-state index contributed by atoms with van der Waals surface area (Å²) in [4.78, 5) is 25.1. The second-order valence-corrected chi connectivity index (χ2v) is 4.69. The Hall–Kier alpha value is -2.62. The lowest BCUT2D eigenvalue weighted by molar-refractivity contribution is 0.0974. The number of methoxy groups -OCH3 is 1. The van der Waals surface area contributed by atoms with Crippen LogP contribution in [0.2, 0.25) is 0 Å². The predicted octanol–water partition coefficient (Wildman–Crippen LogP) is 2.48. The van der Waals surface area contributed by atoms with Crippen molar-refractivity contribution in [2.24, 2.45) is 0 Å². The van der Waals surface area contributed by atoms with Gasteiger partial charge in [-0.1, -0.05) is 18.2 Å². The highest BCUT2D eigenvalue weighted by atomic mass is 16.5. The zero-order chi connectivity index (χ0) is 14.4. The van der Waals surface area contributed by atoms with E-state index in [4.69, 9.17) is 4.74 Å². The first kappa shape index (κ1) is 12.4. The van der Waals surface area contributed by atoms with Gasteiger partial charge < -0.3 is 9.84 Å². The van der Waals surface area contributed by atoms with E-state index in [1.807, 2.05) is 0 Å². The first-order chi connectivity index (χ1) is 9.56. The molecule has 0 amide bonds. The monoisotopic (exact) mass is 268 g/mol. The lowest BCUT2D eigenvalue weighted by atomic mass is 9.82. The third kappa shape index (κ3) is 1.48. The van der Waals surface area contributed by atoms with Crippen LogP contribution in [0.4, 0.5) is 0 Å². The Morgan fingerprint density at radius 3 is 2.30 bits per heavy atom. The third-order valence-corrected chi connectivity index (χ3v) is 3.57. The minimum atomic E-state index is -0.352. The molecule has 1 aliphatic carbocycles. The molecule has 1 N–H and O–H groups in total. The van der Waals surface area contributed by atoms with Crippen molar-refractivity contribution in [3.8, 4) is 11.5 Å². The highest BCUT2D eigenvalue weighted by Gasteiger charge is 2.34. The molecule has 0 spiro atoms. The topological polar surface area (TPSA) is 63.6 Å². The van der Waals surface area contributed by atoms with Gasteiger partial charge in [-0.2, -0.15) is 0 Å². The van der Waals surface area contributed by atoms with Crippen LogP contribution >= 0.6 is 0 Å². The first-order valence-electron chi connectivity index (χ1n) is 6.15. The first-order valence-corrected chi connectivity index (χ1v) is 6.15. The molecule has 4 heteroatoms. The lowest BCUT2D eigenvalue weighted by Crippen LogP contribution is -2.22. The van der Waals surface area contributed by atoms with Crippen molar-refractivity contribution in [1.29, 1.82) is 0 Å². The predicted molar refractivity (Wildman–Crippen MR) is 72.7 cm³/mol. The number of phenolic OH excluding ortho intramolecular Hbond substituents is 1. The number of hydrogen-bond acceptors (Lipinski definition) is 4. The molecule has 0 saturated heterocycles. The second kappa shape index (κ2) is 4.20. The SMILES string of the molecule is COc1cccc2c1C(=O)c1ccc(C)c(O)c1C2=O. The van der Waals surface area contributed by atoms with Gasteiger partial charge in [0, 0.05) is 11.1 Å². The van der Waals surface area contributed by atoms with Crippen LogP contribution in [0.15, 0.2) is 30.3 Å². The van der Waals surface area contributed by atoms with Crippen molar-refractivity contribution in [3.63, 3.8) is 0 Å². The number of phenols is 1. The number of aromatic hydroxyl groups is 1. The van der Waals surface area contributed by atoms with Crippen molar-refractivity contribution < 1.29 is 19.4 Å². The summed E-state index contributed by atoms with van der Waals surface area (Å²) in [6, 6.07) is 8.06. The summed E-state index contributed by atoms with van der Waals surface area (Å²) in [6.45, 7) is 1.69. The quantitative estimate of drug-likeness (QED) is 0.736. The Morgan fingerprint density at radius 1 is 0.950 bits per heavy atom. The standard InChI is InChI=1S/C16H12O4/c1-8-6-7-10-13(14(8)17)16(19)9-4-3-5-11(20-2)12(9)15(10)18/h3-7,17H,1-2H3. The summed E-state index contributed by atoms with van der Waals surface area (Å²) in [7, 11) is 1.45. The van der Waals surface area contributed by atoms with Crippen LogP contribution in [0.1, 0.15) is 37.4 Å². The van der Waals surface area contributed by atoms with E-state index in [9.17, 15) is 14.7 Å². The third-order valence-electron chi connectivity index (χ3n) is 3.57. The number of carbonyl (C=O) groups is 2. The molecule has 0 atom stereocenters. The Bertz CT molecular complexity index is 759. The summed E-state index contributed by atoms with van der Waals surface area (Å²) >= 11 is 0. The molecule has 2 aromatic rings. The summed E-state index contributed by atoms with van der Waals surface area (Å²) in [5.41, 5.74) is 1.39. The Morgan fingerprint density at radius 2 is 1.60 bits per heavy atom. The molecule has 2 aromatic carbocycles. The number of fused-ring (bicyclic) bond motifs is 2. The van der Waals surface area contributed by atoms with Crippen LogP contribution in [0.3, 0.4) is 0 Å². The molecule has 1 aliphatic rings. The lowest BCUT2D eigenvalue weighted by Gasteiger charge is -2.20. The van der Waals surface area contributed by atoms with Crippen LogP contribution in [0.5, 0.6) is 11.5 Å². The van der Waals surface area contributed by atoms with Gasteiger partial charge in [0.25, 0.3) is 0 Å². The number of ketones is 2. The molecule has 0 aliphatic heterocycles. The van der Waals surface area contributed by atoms with Crippen LogP contribution in [0.25, 0.3) is 0 Å². The number of hydrogen-bond donors (Lipinski definition) is 1. The maximum absolute atomic E-state index is 12.6. The van der Waals surface area contributed by atoms with Gasteiger partial charge in [0.15, 0.2) is 11.6 Å². The van der Waals surface area contributed by atoms with Crippen molar-refractivity contribution >= 4 is 11.6 Å². The van der Waals surface area contributed by atoms with Gasteiger partial charge >= 0.3 is 0 Å². The molecule has 0 fully saturated rings. The Balaban J connectivity index is 2.37. The number of rotatable bonds is 1.